The molecule has 120 valence electrons. The van der Waals surface area contributed by atoms with Crippen LogP contribution in [0.3, 0.4) is 0 Å². The molecule has 2 N–H and O–H groups in total. The largest absolute Gasteiger partial charge is 0.480 e. The maximum atomic E-state index is 11.4. The van der Waals surface area contributed by atoms with Crippen molar-refractivity contribution in [3.05, 3.63) is 28.2 Å². The molecule has 0 aliphatic heterocycles. The molecule has 0 fully saturated rings. The number of esters is 1. The maximum absolute atomic E-state index is 11.4. The lowest BCUT2D eigenvalue weighted by molar-refractivity contribution is -0.150. The number of rotatable bonds is 6. The van der Waals surface area contributed by atoms with E-state index in [1.165, 1.54) is 12.1 Å². The Morgan fingerprint density at radius 3 is 2.55 bits per heavy atom. The molecule has 7 nitrogen and oxygen atoms in total. The van der Waals surface area contributed by atoms with Gasteiger partial charge in [0.1, 0.15) is 5.75 Å². The molecule has 0 atom stereocenters. The van der Waals surface area contributed by atoms with E-state index < -0.39 is 31.1 Å². The second-order valence-electron chi connectivity index (χ2n) is 3.93. The molecule has 9 heteroatoms. The van der Waals surface area contributed by atoms with Crippen LogP contribution in [0.5, 0.6) is 5.75 Å². The molecule has 0 aliphatic rings. The molecular weight excluding hydrogens is 335 g/mol. The zero-order valence-electron chi connectivity index (χ0n) is 11.7. The molecule has 22 heavy (non-hydrogen) atoms. The lowest BCUT2D eigenvalue weighted by atomic mass is 10.3. The highest BCUT2D eigenvalue weighted by molar-refractivity contribution is 6.35. The van der Waals surface area contributed by atoms with Crippen LogP contribution in [-0.2, 0) is 14.3 Å². The summed E-state index contributed by atoms with van der Waals surface area (Å²) in [6.45, 7) is 1.04. The molecule has 0 heterocycles. The fourth-order valence-electron chi connectivity index (χ4n) is 1.28. The van der Waals surface area contributed by atoms with E-state index in [4.69, 9.17) is 27.9 Å². The quantitative estimate of drug-likeness (QED) is 0.764. The first-order valence-electron chi connectivity index (χ1n) is 6.23. The van der Waals surface area contributed by atoms with E-state index in [1.54, 1.807) is 13.0 Å². The van der Waals surface area contributed by atoms with Gasteiger partial charge in [-0.3, -0.25) is 10.1 Å². The van der Waals surface area contributed by atoms with Crippen LogP contribution in [0, 0.1) is 0 Å². The van der Waals surface area contributed by atoms with Gasteiger partial charge in [0.05, 0.1) is 5.02 Å². The van der Waals surface area contributed by atoms with Crippen molar-refractivity contribution < 1.29 is 23.9 Å². The normalized spacial score (nSPS) is 9.77. The number of amides is 3. The van der Waals surface area contributed by atoms with Gasteiger partial charge in [-0.1, -0.05) is 23.2 Å². The minimum Gasteiger partial charge on any atom is -0.480 e. The van der Waals surface area contributed by atoms with Gasteiger partial charge in [-0.25, -0.2) is 9.59 Å². The molecule has 0 saturated carbocycles. The summed E-state index contributed by atoms with van der Waals surface area (Å²) < 4.78 is 9.77. The van der Waals surface area contributed by atoms with E-state index >= 15 is 0 Å². The summed E-state index contributed by atoms with van der Waals surface area (Å²) in [4.78, 5) is 33.7. The van der Waals surface area contributed by atoms with Gasteiger partial charge in [0.2, 0.25) is 0 Å². The fraction of sp³-hybridized carbons (Fsp3) is 0.308. The summed E-state index contributed by atoms with van der Waals surface area (Å²) in [7, 11) is 0. The molecule has 0 unspecified atom stereocenters. The molecule has 1 aromatic rings. The van der Waals surface area contributed by atoms with Crippen molar-refractivity contribution in [2.24, 2.45) is 0 Å². The minimum absolute atomic E-state index is 0.245. The molecule has 1 aromatic carbocycles. The zero-order chi connectivity index (χ0) is 16.5. The number of halogens is 2. The number of hydrogen-bond acceptors (Lipinski definition) is 5. The summed E-state index contributed by atoms with van der Waals surface area (Å²) in [6.07, 6.45) is 0. The summed E-state index contributed by atoms with van der Waals surface area (Å²) in [5.74, 6) is -1.27. The highest BCUT2D eigenvalue weighted by Gasteiger charge is 2.11. The Balaban J connectivity index is 2.31. The van der Waals surface area contributed by atoms with Crippen molar-refractivity contribution in [2.45, 2.75) is 6.92 Å². The van der Waals surface area contributed by atoms with Gasteiger partial charge < -0.3 is 14.8 Å². The van der Waals surface area contributed by atoms with Crippen molar-refractivity contribution >= 4 is 41.1 Å². The first kappa shape index (κ1) is 18.1. The predicted molar refractivity (Wildman–Crippen MR) is 80.1 cm³/mol. The van der Waals surface area contributed by atoms with E-state index in [-0.39, 0.29) is 10.8 Å². The van der Waals surface area contributed by atoms with Gasteiger partial charge >= 0.3 is 12.0 Å². The third-order valence-corrected chi connectivity index (χ3v) is 2.72. The summed E-state index contributed by atoms with van der Waals surface area (Å²) in [5.41, 5.74) is 0. The molecular formula is C13H14Cl2N2O5. The van der Waals surface area contributed by atoms with Gasteiger partial charge in [0, 0.05) is 11.6 Å². The standard InChI is InChI=1S/C13H14Cl2N2O5/c1-2-16-13(20)17-11(18)6-22-12(19)7-21-10-4-3-8(14)5-9(10)15/h3-5H,2,6-7H2,1H3,(H2,16,17,18,20). The molecule has 0 spiro atoms. The average molecular weight is 349 g/mol. The Labute approximate surface area is 136 Å². The fourth-order valence-corrected chi connectivity index (χ4v) is 1.75. The Morgan fingerprint density at radius 1 is 1.18 bits per heavy atom. The lowest BCUT2D eigenvalue weighted by Gasteiger charge is -2.08. The second-order valence-corrected chi connectivity index (χ2v) is 4.78. The number of benzene rings is 1. The van der Waals surface area contributed by atoms with Gasteiger partial charge in [-0.05, 0) is 25.1 Å². The van der Waals surface area contributed by atoms with E-state index in [2.05, 4.69) is 10.1 Å². The highest BCUT2D eigenvalue weighted by Crippen LogP contribution is 2.27. The van der Waals surface area contributed by atoms with Crippen molar-refractivity contribution in [1.82, 2.24) is 10.6 Å². The highest BCUT2D eigenvalue weighted by atomic mass is 35.5. The summed E-state index contributed by atoms with van der Waals surface area (Å²) in [6, 6.07) is 3.85. The number of ether oxygens (including phenoxy) is 2. The number of nitrogens with one attached hydrogen (secondary N) is 2. The molecule has 0 bridgehead atoms. The van der Waals surface area contributed by atoms with Crippen LogP contribution in [0.4, 0.5) is 4.79 Å². The van der Waals surface area contributed by atoms with Crippen molar-refractivity contribution in [1.29, 1.82) is 0 Å². The number of hydrogen-bond donors (Lipinski definition) is 2. The van der Waals surface area contributed by atoms with E-state index in [0.29, 0.717) is 11.6 Å². The number of carbonyl (C=O) groups excluding carboxylic acids is 3. The molecule has 0 radical (unpaired) electrons. The van der Waals surface area contributed by atoms with Crippen LogP contribution in [0.15, 0.2) is 18.2 Å². The predicted octanol–water partition coefficient (Wildman–Crippen LogP) is 1.76. The summed E-state index contributed by atoms with van der Waals surface area (Å²) in [5, 5.41) is 5.02. The van der Waals surface area contributed by atoms with Gasteiger partial charge in [-0.2, -0.15) is 0 Å². The second kappa shape index (κ2) is 9.11. The first-order chi connectivity index (χ1) is 10.4. The van der Waals surface area contributed by atoms with Crippen LogP contribution in [0.1, 0.15) is 6.92 Å². The number of urea groups is 1. The Bertz CT molecular complexity index is 565. The van der Waals surface area contributed by atoms with Gasteiger partial charge in [-0.15, -0.1) is 0 Å². The number of carbonyl (C=O) groups is 3. The SMILES string of the molecule is CCNC(=O)NC(=O)COC(=O)COc1ccc(Cl)cc1Cl. The third kappa shape index (κ3) is 6.64. The Kier molecular flexibility index (Phi) is 7.48. The Hall–Kier alpha value is -1.99. The van der Waals surface area contributed by atoms with Crippen molar-refractivity contribution in [3.8, 4) is 5.75 Å². The van der Waals surface area contributed by atoms with Gasteiger partial charge in [0.25, 0.3) is 5.91 Å². The van der Waals surface area contributed by atoms with Crippen LogP contribution >= 0.6 is 23.2 Å². The smallest absolute Gasteiger partial charge is 0.344 e. The van der Waals surface area contributed by atoms with E-state index in [0.717, 1.165) is 0 Å². The average Bonchev–Trinajstić information content (AvgIpc) is 2.44. The van der Waals surface area contributed by atoms with Crippen molar-refractivity contribution in [2.75, 3.05) is 19.8 Å². The van der Waals surface area contributed by atoms with Crippen LogP contribution < -0.4 is 15.4 Å². The molecule has 0 aromatic heterocycles. The minimum atomic E-state index is -0.780. The van der Waals surface area contributed by atoms with Crippen LogP contribution in [0.2, 0.25) is 10.0 Å². The third-order valence-electron chi connectivity index (χ3n) is 2.19. The maximum Gasteiger partial charge on any atom is 0.344 e. The lowest BCUT2D eigenvalue weighted by Crippen LogP contribution is -2.41. The van der Waals surface area contributed by atoms with Crippen LogP contribution in [-0.4, -0.2) is 37.7 Å². The van der Waals surface area contributed by atoms with Crippen molar-refractivity contribution in [3.63, 3.8) is 0 Å². The number of imide groups is 1. The molecule has 0 saturated heterocycles. The first-order valence-corrected chi connectivity index (χ1v) is 6.99. The van der Waals surface area contributed by atoms with E-state index in [1.807, 2.05) is 5.32 Å². The molecule has 3 amide bonds. The van der Waals surface area contributed by atoms with E-state index in [9.17, 15) is 14.4 Å². The zero-order valence-corrected chi connectivity index (χ0v) is 13.2. The monoisotopic (exact) mass is 348 g/mol. The topological polar surface area (TPSA) is 93.7 Å². The van der Waals surface area contributed by atoms with Gasteiger partial charge in [0.15, 0.2) is 13.2 Å². The molecule has 0 aliphatic carbocycles. The van der Waals surface area contributed by atoms with Crippen LogP contribution in [0.25, 0.3) is 0 Å². The summed E-state index contributed by atoms with van der Waals surface area (Å²) >= 11 is 11.6. The molecule has 1 rings (SSSR count). The Morgan fingerprint density at radius 2 is 1.91 bits per heavy atom.